The van der Waals surface area contributed by atoms with Gasteiger partial charge in [-0.15, -0.1) is 0 Å². The summed E-state index contributed by atoms with van der Waals surface area (Å²) >= 11 is 6.10. The number of benzene rings is 2. The Kier molecular flexibility index (Phi) is 8.44. The van der Waals surface area contributed by atoms with E-state index in [-0.39, 0.29) is 59.9 Å². The van der Waals surface area contributed by atoms with Gasteiger partial charge >= 0.3 is 6.61 Å². The quantitative estimate of drug-likeness (QED) is 0.638. The molecule has 0 bridgehead atoms. The number of nitrogens with zero attached hydrogens (tertiary/aromatic N) is 2. The van der Waals surface area contributed by atoms with Gasteiger partial charge in [-0.25, -0.2) is 0 Å². The van der Waals surface area contributed by atoms with Gasteiger partial charge in [0.1, 0.15) is 11.8 Å². The van der Waals surface area contributed by atoms with Gasteiger partial charge in [-0.05, 0) is 30.2 Å². The molecular formula is C24H26ClF2N3O4. The summed E-state index contributed by atoms with van der Waals surface area (Å²) in [6.45, 7) is 1.54. The molecule has 0 spiro atoms. The summed E-state index contributed by atoms with van der Waals surface area (Å²) in [4.78, 5) is 41.8. The number of carbonyl (C=O) groups excluding carboxylic acids is 3. The Morgan fingerprint density at radius 3 is 2.06 bits per heavy atom. The number of amides is 3. The molecule has 1 fully saturated rings. The van der Waals surface area contributed by atoms with Crippen LogP contribution in [-0.2, 0) is 4.79 Å². The van der Waals surface area contributed by atoms with E-state index in [2.05, 4.69) is 10.1 Å². The Hall–Kier alpha value is -3.20. The Labute approximate surface area is 201 Å². The number of para-hydroxylation sites is 1. The van der Waals surface area contributed by atoms with Gasteiger partial charge in [0.15, 0.2) is 0 Å². The smallest absolute Gasteiger partial charge is 0.387 e. The first-order valence-corrected chi connectivity index (χ1v) is 11.2. The van der Waals surface area contributed by atoms with E-state index in [1.165, 1.54) is 23.1 Å². The van der Waals surface area contributed by atoms with Crippen molar-refractivity contribution in [2.45, 2.75) is 26.5 Å². The van der Waals surface area contributed by atoms with Gasteiger partial charge in [0, 0.05) is 26.2 Å². The average Bonchev–Trinajstić information content (AvgIpc) is 2.81. The summed E-state index contributed by atoms with van der Waals surface area (Å²) in [5.41, 5.74) is 0.317. The van der Waals surface area contributed by atoms with E-state index in [1.54, 1.807) is 35.2 Å². The molecule has 0 saturated carbocycles. The van der Waals surface area contributed by atoms with Crippen LogP contribution in [0.5, 0.6) is 5.75 Å². The molecule has 3 rings (SSSR count). The summed E-state index contributed by atoms with van der Waals surface area (Å²) in [7, 11) is 0. The molecule has 2 aromatic rings. The Morgan fingerprint density at radius 2 is 1.47 bits per heavy atom. The molecule has 10 heteroatoms. The molecule has 1 unspecified atom stereocenters. The van der Waals surface area contributed by atoms with Crippen molar-refractivity contribution in [1.82, 2.24) is 15.1 Å². The van der Waals surface area contributed by atoms with Gasteiger partial charge < -0.3 is 19.9 Å². The van der Waals surface area contributed by atoms with Crippen LogP contribution in [0.4, 0.5) is 8.78 Å². The van der Waals surface area contributed by atoms with E-state index in [9.17, 15) is 23.2 Å². The number of piperazine rings is 1. The third-order valence-electron chi connectivity index (χ3n) is 5.55. The lowest BCUT2D eigenvalue weighted by Crippen LogP contribution is -2.57. The number of alkyl halides is 2. The lowest BCUT2D eigenvalue weighted by Gasteiger charge is -2.37. The lowest BCUT2D eigenvalue weighted by molar-refractivity contribution is -0.135. The van der Waals surface area contributed by atoms with Gasteiger partial charge in [0.2, 0.25) is 5.91 Å². The van der Waals surface area contributed by atoms with E-state index in [1.807, 2.05) is 13.8 Å². The highest BCUT2D eigenvalue weighted by atomic mass is 35.5. The SMILES string of the molecule is CC(C)C(NC(=O)c1ccccc1Cl)C(=O)N1CCN(C(=O)c2ccccc2OC(F)F)CC1. The summed E-state index contributed by atoms with van der Waals surface area (Å²) in [5.74, 6) is -1.53. The molecule has 3 amide bonds. The molecule has 1 saturated heterocycles. The van der Waals surface area contributed by atoms with Crippen LogP contribution in [0, 0.1) is 5.92 Å². The Morgan fingerprint density at radius 1 is 0.912 bits per heavy atom. The molecule has 0 aliphatic carbocycles. The van der Waals surface area contributed by atoms with Gasteiger partial charge in [-0.3, -0.25) is 14.4 Å². The maximum Gasteiger partial charge on any atom is 0.387 e. The van der Waals surface area contributed by atoms with E-state index < -0.39 is 24.5 Å². The van der Waals surface area contributed by atoms with Gasteiger partial charge in [0.05, 0.1) is 16.1 Å². The second kappa shape index (κ2) is 11.3. The molecule has 2 aromatic carbocycles. The predicted octanol–water partition coefficient (Wildman–Crippen LogP) is 3.68. The predicted molar refractivity (Wildman–Crippen MR) is 123 cm³/mol. The van der Waals surface area contributed by atoms with Crippen LogP contribution >= 0.6 is 11.6 Å². The second-order valence-electron chi connectivity index (χ2n) is 8.17. The zero-order valence-electron chi connectivity index (χ0n) is 18.8. The summed E-state index contributed by atoms with van der Waals surface area (Å²) < 4.78 is 29.8. The van der Waals surface area contributed by atoms with Crippen LogP contribution in [0.1, 0.15) is 34.6 Å². The topological polar surface area (TPSA) is 79.0 Å². The zero-order valence-corrected chi connectivity index (χ0v) is 19.6. The van der Waals surface area contributed by atoms with E-state index in [4.69, 9.17) is 11.6 Å². The molecule has 1 aliphatic rings. The molecule has 1 heterocycles. The zero-order chi connectivity index (χ0) is 24.8. The van der Waals surface area contributed by atoms with Crippen LogP contribution in [0.2, 0.25) is 5.02 Å². The number of hydrogen-bond acceptors (Lipinski definition) is 4. The fourth-order valence-corrected chi connectivity index (χ4v) is 3.94. The number of carbonyl (C=O) groups is 3. The molecule has 34 heavy (non-hydrogen) atoms. The number of halogens is 3. The molecule has 7 nitrogen and oxygen atoms in total. The standard InChI is InChI=1S/C24H26ClF2N3O4/c1-15(2)20(28-21(31)16-7-3-5-9-18(16)25)23(33)30-13-11-29(12-14-30)22(32)17-8-4-6-10-19(17)34-24(26)27/h3-10,15,20,24H,11-14H2,1-2H3,(H,28,31). The Balaban J connectivity index is 1.64. The third kappa shape index (κ3) is 6.02. The first kappa shape index (κ1) is 25.4. The first-order valence-electron chi connectivity index (χ1n) is 10.9. The first-order chi connectivity index (χ1) is 16.2. The number of ether oxygens (including phenoxy) is 1. The highest BCUT2D eigenvalue weighted by Crippen LogP contribution is 2.23. The maximum atomic E-state index is 13.2. The van der Waals surface area contributed by atoms with Crippen LogP contribution in [0.25, 0.3) is 0 Å². The van der Waals surface area contributed by atoms with Gasteiger partial charge in [-0.1, -0.05) is 49.7 Å². The van der Waals surface area contributed by atoms with Crippen molar-refractivity contribution in [3.05, 3.63) is 64.7 Å². The summed E-state index contributed by atoms with van der Waals surface area (Å²) in [5, 5.41) is 3.06. The van der Waals surface area contributed by atoms with Crippen molar-refractivity contribution in [1.29, 1.82) is 0 Å². The molecule has 0 radical (unpaired) electrons. The van der Waals surface area contributed by atoms with Crippen LogP contribution in [0.3, 0.4) is 0 Å². The molecule has 182 valence electrons. The largest absolute Gasteiger partial charge is 0.434 e. The minimum atomic E-state index is -3.04. The minimum absolute atomic E-state index is 0.0367. The third-order valence-corrected chi connectivity index (χ3v) is 5.88. The van der Waals surface area contributed by atoms with Crippen molar-refractivity contribution in [3.8, 4) is 5.75 Å². The summed E-state index contributed by atoms with van der Waals surface area (Å²) in [6.07, 6.45) is 0. The van der Waals surface area contributed by atoms with E-state index in [0.717, 1.165) is 0 Å². The van der Waals surface area contributed by atoms with Crippen molar-refractivity contribution in [2.75, 3.05) is 26.2 Å². The fraction of sp³-hybridized carbons (Fsp3) is 0.375. The maximum absolute atomic E-state index is 13.2. The number of rotatable bonds is 7. The molecule has 1 N–H and O–H groups in total. The normalized spacial score (nSPS) is 14.8. The van der Waals surface area contributed by atoms with Gasteiger partial charge in [-0.2, -0.15) is 8.78 Å². The van der Waals surface area contributed by atoms with Crippen molar-refractivity contribution in [2.24, 2.45) is 5.92 Å². The number of nitrogens with one attached hydrogen (secondary N) is 1. The van der Waals surface area contributed by atoms with Gasteiger partial charge in [0.25, 0.3) is 11.8 Å². The van der Waals surface area contributed by atoms with Crippen molar-refractivity contribution in [3.63, 3.8) is 0 Å². The monoisotopic (exact) mass is 493 g/mol. The number of hydrogen-bond donors (Lipinski definition) is 1. The van der Waals surface area contributed by atoms with Crippen LogP contribution < -0.4 is 10.1 Å². The minimum Gasteiger partial charge on any atom is -0.434 e. The Bertz CT molecular complexity index is 1040. The van der Waals surface area contributed by atoms with Crippen LogP contribution in [0.15, 0.2) is 48.5 Å². The highest BCUT2D eigenvalue weighted by Gasteiger charge is 2.33. The average molecular weight is 494 g/mol. The lowest BCUT2D eigenvalue weighted by atomic mass is 10.0. The molecule has 0 aromatic heterocycles. The van der Waals surface area contributed by atoms with Crippen molar-refractivity contribution >= 4 is 29.3 Å². The fourth-order valence-electron chi connectivity index (χ4n) is 3.72. The summed E-state index contributed by atoms with van der Waals surface area (Å²) in [6, 6.07) is 11.6. The highest BCUT2D eigenvalue weighted by molar-refractivity contribution is 6.33. The van der Waals surface area contributed by atoms with Crippen molar-refractivity contribution < 1.29 is 27.9 Å². The molecule has 1 atom stereocenters. The molecule has 1 aliphatic heterocycles. The second-order valence-corrected chi connectivity index (χ2v) is 8.57. The van der Waals surface area contributed by atoms with E-state index >= 15 is 0 Å². The van der Waals surface area contributed by atoms with E-state index in [0.29, 0.717) is 0 Å². The van der Waals surface area contributed by atoms with Crippen LogP contribution in [-0.4, -0.2) is 66.4 Å². The molecular weight excluding hydrogens is 468 g/mol.